The van der Waals surface area contributed by atoms with E-state index in [1.807, 2.05) is 6.26 Å². The number of likely N-dealkylation sites (tertiary alicyclic amines) is 1. The number of halogens is 1. The van der Waals surface area contributed by atoms with Gasteiger partial charge in [-0.3, -0.25) is 19.4 Å². The van der Waals surface area contributed by atoms with Gasteiger partial charge in [0.25, 0.3) is 11.8 Å². The molecule has 32 heavy (non-hydrogen) atoms. The largest absolute Gasteiger partial charge is 0.351 e. The number of nitrogens with one attached hydrogen (secondary N) is 2. The first-order valence-corrected chi connectivity index (χ1v) is 12.3. The number of benzene rings is 1. The molecule has 9 heteroatoms. The smallest absolute Gasteiger partial charge is 0.253 e. The molecular weight excluding hydrogens is 448 g/mol. The minimum absolute atomic E-state index is 0.0259. The monoisotopic (exact) mass is 474 g/mol. The number of nitrogens with zero attached hydrogens (tertiary/aromatic N) is 2. The first-order valence-electron chi connectivity index (χ1n) is 10.5. The Morgan fingerprint density at radius 1 is 1.16 bits per heavy atom. The Morgan fingerprint density at radius 3 is 2.50 bits per heavy atom. The second-order valence-corrected chi connectivity index (χ2v) is 8.99. The predicted octanol–water partition coefficient (Wildman–Crippen LogP) is 3.01. The van der Waals surface area contributed by atoms with Crippen molar-refractivity contribution in [2.75, 3.05) is 25.1 Å². The van der Waals surface area contributed by atoms with Crippen LogP contribution in [0.1, 0.15) is 40.0 Å². The van der Waals surface area contributed by atoms with E-state index in [-0.39, 0.29) is 23.8 Å². The topological polar surface area (TPSA) is 91.4 Å². The van der Waals surface area contributed by atoms with Crippen LogP contribution in [0.3, 0.4) is 0 Å². The van der Waals surface area contributed by atoms with Gasteiger partial charge in [0, 0.05) is 37.1 Å². The van der Waals surface area contributed by atoms with Crippen molar-refractivity contribution in [3.05, 3.63) is 64.9 Å². The maximum atomic E-state index is 13.0. The molecule has 0 saturated carbocycles. The SMILES string of the molecule is CSCCC(NC(=O)c1ccccc1Cl)C(=O)NC1CCN(C(=O)c2ccncc2)CC1. The van der Waals surface area contributed by atoms with Crippen molar-refractivity contribution in [1.82, 2.24) is 20.5 Å². The number of hydrogen-bond donors (Lipinski definition) is 2. The Kier molecular flexibility index (Phi) is 8.93. The summed E-state index contributed by atoms with van der Waals surface area (Å²) in [5.41, 5.74) is 0.959. The van der Waals surface area contributed by atoms with Crippen molar-refractivity contribution < 1.29 is 14.4 Å². The molecule has 1 atom stereocenters. The van der Waals surface area contributed by atoms with E-state index in [4.69, 9.17) is 11.6 Å². The standard InChI is InChI=1S/C23H27ClN4O3S/c1-32-15-10-20(27-21(29)18-4-2-3-5-19(18)24)22(30)26-17-8-13-28(14-9-17)23(31)16-6-11-25-12-7-16/h2-7,11-12,17,20H,8-10,13-15H2,1H3,(H,26,30)(H,27,29). The molecule has 2 heterocycles. The van der Waals surface area contributed by atoms with Crippen molar-refractivity contribution in [3.63, 3.8) is 0 Å². The minimum atomic E-state index is -0.650. The minimum Gasteiger partial charge on any atom is -0.351 e. The lowest BCUT2D eigenvalue weighted by Gasteiger charge is -2.33. The van der Waals surface area contributed by atoms with Crippen molar-refractivity contribution in [2.24, 2.45) is 0 Å². The highest BCUT2D eigenvalue weighted by Crippen LogP contribution is 2.16. The average Bonchev–Trinajstić information content (AvgIpc) is 2.82. The molecule has 1 aliphatic rings. The lowest BCUT2D eigenvalue weighted by Crippen LogP contribution is -2.52. The summed E-state index contributed by atoms with van der Waals surface area (Å²) < 4.78 is 0. The molecule has 170 valence electrons. The summed E-state index contributed by atoms with van der Waals surface area (Å²) in [4.78, 5) is 43.9. The quantitative estimate of drug-likeness (QED) is 0.613. The second kappa shape index (κ2) is 11.9. The molecule has 3 rings (SSSR count). The van der Waals surface area contributed by atoms with Gasteiger partial charge in [-0.2, -0.15) is 11.8 Å². The van der Waals surface area contributed by atoms with E-state index in [0.29, 0.717) is 48.5 Å². The Balaban J connectivity index is 1.55. The molecule has 0 spiro atoms. The number of hydrogen-bond acceptors (Lipinski definition) is 5. The molecule has 1 fully saturated rings. The second-order valence-electron chi connectivity index (χ2n) is 7.60. The third-order valence-electron chi connectivity index (χ3n) is 5.41. The highest BCUT2D eigenvalue weighted by Gasteiger charge is 2.28. The van der Waals surface area contributed by atoms with Crippen LogP contribution >= 0.6 is 23.4 Å². The maximum absolute atomic E-state index is 13.0. The third kappa shape index (κ3) is 6.46. The van der Waals surface area contributed by atoms with Crippen LogP contribution in [0.15, 0.2) is 48.8 Å². The summed E-state index contributed by atoms with van der Waals surface area (Å²) in [5, 5.41) is 6.23. The van der Waals surface area contributed by atoms with E-state index in [1.165, 1.54) is 0 Å². The van der Waals surface area contributed by atoms with Gasteiger partial charge in [0.2, 0.25) is 5.91 Å². The zero-order valence-corrected chi connectivity index (χ0v) is 19.5. The number of carbonyl (C=O) groups is 3. The number of piperidine rings is 1. The fraction of sp³-hybridized carbons (Fsp3) is 0.391. The maximum Gasteiger partial charge on any atom is 0.253 e. The van der Waals surface area contributed by atoms with Gasteiger partial charge in [0.15, 0.2) is 0 Å². The zero-order chi connectivity index (χ0) is 22.9. The Bertz CT molecular complexity index is 936. The molecule has 1 unspecified atom stereocenters. The average molecular weight is 475 g/mol. The van der Waals surface area contributed by atoms with E-state index in [1.54, 1.807) is 65.5 Å². The molecule has 1 aromatic heterocycles. The Morgan fingerprint density at radius 2 is 1.84 bits per heavy atom. The molecule has 2 aromatic rings. The van der Waals surface area contributed by atoms with Gasteiger partial charge in [-0.05, 0) is 55.5 Å². The Labute approximate surface area is 197 Å². The van der Waals surface area contributed by atoms with Gasteiger partial charge in [-0.15, -0.1) is 0 Å². The van der Waals surface area contributed by atoms with Crippen LogP contribution in [0, 0.1) is 0 Å². The van der Waals surface area contributed by atoms with Gasteiger partial charge < -0.3 is 15.5 Å². The number of thioether (sulfide) groups is 1. The van der Waals surface area contributed by atoms with E-state index < -0.39 is 6.04 Å². The predicted molar refractivity (Wildman–Crippen MR) is 127 cm³/mol. The molecule has 2 N–H and O–H groups in total. The highest BCUT2D eigenvalue weighted by molar-refractivity contribution is 7.98. The van der Waals surface area contributed by atoms with E-state index in [2.05, 4.69) is 15.6 Å². The van der Waals surface area contributed by atoms with Crippen LogP contribution < -0.4 is 10.6 Å². The first-order chi connectivity index (χ1) is 15.5. The Hall–Kier alpha value is -2.58. The van der Waals surface area contributed by atoms with E-state index in [9.17, 15) is 14.4 Å². The number of pyridine rings is 1. The van der Waals surface area contributed by atoms with Crippen LogP contribution in [0.2, 0.25) is 5.02 Å². The lowest BCUT2D eigenvalue weighted by molar-refractivity contribution is -0.124. The first kappa shape index (κ1) is 24.1. The molecule has 7 nitrogen and oxygen atoms in total. The van der Waals surface area contributed by atoms with E-state index >= 15 is 0 Å². The summed E-state index contributed by atoms with van der Waals surface area (Å²) in [7, 11) is 0. The molecule has 3 amide bonds. The zero-order valence-electron chi connectivity index (χ0n) is 17.9. The van der Waals surface area contributed by atoms with Crippen molar-refractivity contribution in [1.29, 1.82) is 0 Å². The normalized spacial score (nSPS) is 15.1. The fourth-order valence-corrected chi connectivity index (χ4v) is 4.28. The number of amides is 3. The summed E-state index contributed by atoms with van der Waals surface area (Å²) >= 11 is 7.74. The van der Waals surface area contributed by atoms with Crippen molar-refractivity contribution in [3.8, 4) is 0 Å². The van der Waals surface area contributed by atoms with Gasteiger partial charge in [-0.1, -0.05) is 23.7 Å². The van der Waals surface area contributed by atoms with Crippen LogP contribution in [-0.2, 0) is 4.79 Å². The van der Waals surface area contributed by atoms with Crippen LogP contribution in [-0.4, -0.2) is 64.8 Å². The molecular formula is C23H27ClN4O3S. The summed E-state index contributed by atoms with van der Waals surface area (Å²) in [6.45, 7) is 1.13. The number of rotatable bonds is 8. The summed E-state index contributed by atoms with van der Waals surface area (Å²) in [6.07, 6.45) is 7.01. The van der Waals surface area contributed by atoms with Crippen LogP contribution in [0.5, 0.6) is 0 Å². The van der Waals surface area contributed by atoms with Crippen LogP contribution in [0.4, 0.5) is 0 Å². The molecule has 1 aliphatic heterocycles. The fourth-order valence-electron chi connectivity index (χ4n) is 3.59. The molecule has 1 saturated heterocycles. The van der Waals surface area contributed by atoms with Gasteiger partial charge in [0.1, 0.15) is 6.04 Å². The number of carbonyl (C=O) groups excluding carboxylic acids is 3. The van der Waals surface area contributed by atoms with Gasteiger partial charge in [0.05, 0.1) is 10.6 Å². The molecule has 0 radical (unpaired) electrons. The molecule has 0 bridgehead atoms. The summed E-state index contributed by atoms with van der Waals surface area (Å²) in [5.74, 6) is 0.134. The molecule has 0 aliphatic carbocycles. The van der Waals surface area contributed by atoms with Crippen molar-refractivity contribution in [2.45, 2.75) is 31.3 Å². The van der Waals surface area contributed by atoms with E-state index in [0.717, 1.165) is 5.75 Å². The van der Waals surface area contributed by atoms with Gasteiger partial charge >= 0.3 is 0 Å². The number of aromatic nitrogens is 1. The van der Waals surface area contributed by atoms with Crippen LogP contribution in [0.25, 0.3) is 0 Å². The third-order valence-corrected chi connectivity index (χ3v) is 6.38. The van der Waals surface area contributed by atoms with Crippen molar-refractivity contribution >= 4 is 41.1 Å². The molecule has 1 aromatic carbocycles. The highest BCUT2D eigenvalue weighted by atomic mass is 35.5. The summed E-state index contributed by atoms with van der Waals surface area (Å²) in [6, 6.07) is 9.48. The van der Waals surface area contributed by atoms with Gasteiger partial charge in [-0.25, -0.2) is 0 Å². The lowest BCUT2D eigenvalue weighted by atomic mass is 10.0.